The second-order valence-corrected chi connectivity index (χ2v) is 9.75. The Morgan fingerprint density at radius 1 is 1.04 bits per heavy atom. The van der Waals surface area contributed by atoms with Gasteiger partial charge in [-0.2, -0.15) is 13.2 Å². The molecule has 3 nitrogen and oxygen atoms in total. The molecule has 2 aliphatic heterocycles. The number of halogens is 3. The van der Waals surface area contributed by atoms with Gasteiger partial charge in [0.15, 0.2) is 0 Å². The highest BCUT2D eigenvalue weighted by Crippen LogP contribution is 2.50. The first kappa shape index (κ1) is 20.2. The van der Waals surface area contributed by atoms with Gasteiger partial charge in [-0.05, 0) is 63.4 Å². The SMILES string of the molecule is C=CC(=O)N1CCC2(CC3CCCCC3N(C3CCC(C(F)(F)F)CC3)C2)C1. The van der Waals surface area contributed by atoms with Gasteiger partial charge >= 0.3 is 6.18 Å². The molecule has 2 aliphatic carbocycles. The van der Waals surface area contributed by atoms with Crippen LogP contribution in [0.3, 0.4) is 0 Å². The largest absolute Gasteiger partial charge is 0.391 e. The molecule has 2 heterocycles. The molecule has 158 valence electrons. The van der Waals surface area contributed by atoms with Gasteiger partial charge in [-0.1, -0.05) is 19.4 Å². The van der Waals surface area contributed by atoms with Crippen molar-refractivity contribution in [2.24, 2.45) is 17.3 Å². The van der Waals surface area contributed by atoms with Crippen molar-refractivity contribution < 1.29 is 18.0 Å². The number of alkyl halides is 3. The lowest BCUT2D eigenvalue weighted by Gasteiger charge is -2.55. The van der Waals surface area contributed by atoms with Gasteiger partial charge in [-0.15, -0.1) is 0 Å². The van der Waals surface area contributed by atoms with Crippen molar-refractivity contribution >= 4 is 5.91 Å². The van der Waals surface area contributed by atoms with Crippen molar-refractivity contribution in [3.05, 3.63) is 12.7 Å². The Morgan fingerprint density at radius 2 is 1.75 bits per heavy atom. The number of hydrogen-bond acceptors (Lipinski definition) is 2. The zero-order valence-electron chi connectivity index (χ0n) is 16.7. The average molecular weight is 399 g/mol. The molecule has 4 aliphatic rings. The molecule has 28 heavy (non-hydrogen) atoms. The summed E-state index contributed by atoms with van der Waals surface area (Å²) in [6.07, 6.45) is 6.36. The minimum Gasteiger partial charge on any atom is -0.339 e. The fourth-order valence-electron chi connectivity index (χ4n) is 6.67. The van der Waals surface area contributed by atoms with E-state index < -0.39 is 12.1 Å². The fraction of sp³-hybridized carbons (Fsp3) is 0.864. The van der Waals surface area contributed by atoms with Crippen molar-refractivity contribution in [1.29, 1.82) is 0 Å². The average Bonchev–Trinajstić information content (AvgIpc) is 3.09. The minimum atomic E-state index is -4.04. The van der Waals surface area contributed by atoms with E-state index in [-0.39, 0.29) is 30.2 Å². The van der Waals surface area contributed by atoms with Gasteiger partial charge < -0.3 is 4.90 Å². The summed E-state index contributed by atoms with van der Waals surface area (Å²) < 4.78 is 39.3. The van der Waals surface area contributed by atoms with E-state index in [1.807, 2.05) is 4.90 Å². The van der Waals surface area contributed by atoms with Crippen LogP contribution in [0.15, 0.2) is 12.7 Å². The van der Waals surface area contributed by atoms with Crippen LogP contribution in [0.5, 0.6) is 0 Å². The summed E-state index contributed by atoms with van der Waals surface area (Å²) in [7, 11) is 0. The Kier molecular flexibility index (Phi) is 5.54. The van der Waals surface area contributed by atoms with E-state index in [9.17, 15) is 18.0 Å². The minimum absolute atomic E-state index is 0.0138. The lowest BCUT2D eigenvalue weighted by atomic mass is 9.66. The Labute approximate surface area is 166 Å². The monoisotopic (exact) mass is 398 g/mol. The smallest absolute Gasteiger partial charge is 0.339 e. The molecule has 1 spiro atoms. The lowest BCUT2D eigenvalue weighted by Crippen LogP contribution is -2.59. The summed E-state index contributed by atoms with van der Waals surface area (Å²) in [5, 5.41) is 0. The van der Waals surface area contributed by atoms with Crippen molar-refractivity contribution in [2.45, 2.75) is 82.5 Å². The summed E-state index contributed by atoms with van der Waals surface area (Å²) in [4.78, 5) is 16.7. The first-order valence-electron chi connectivity index (χ1n) is 11.1. The van der Waals surface area contributed by atoms with Gasteiger partial charge in [0.1, 0.15) is 0 Å². The number of carbonyl (C=O) groups is 1. The van der Waals surface area contributed by atoms with E-state index in [2.05, 4.69) is 11.5 Å². The summed E-state index contributed by atoms with van der Waals surface area (Å²) in [6, 6.07) is 0.821. The topological polar surface area (TPSA) is 23.6 Å². The third-order valence-electron chi connectivity index (χ3n) is 8.06. The number of piperidine rings is 1. The molecule has 0 aromatic heterocycles. The first-order chi connectivity index (χ1) is 13.3. The Bertz CT molecular complexity index is 599. The maximum Gasteiger partial charge on any atom is 0.391 e. The van der Waals surface area contributed by atoms with Crippen molar-refractivity contribution in [3.63, 3.8) is 0 Å². The summed E-state index contributed by atoms with van der Waals surface area (Å²) >= 11 is 0. The third kappa shape index (κ3) is 3.86. The molecule has 0 aromatic rings. The third-order valence-corrected chi connectivity index (χ3v) is 8.06. The van der Waals surface area contributed by atoms with Crippen LogP contribution in [-0.2, 0) is 4.79 Å². The van der Waals surface area contributed by atoms with Crippen LogP contribution < -0.4 is 0 Å². The van der Waals surface area contributed by atoms with Crippen LogP contribution in [-0.4, -0.2) is 53.6 Å². The molecule has 0 N–H and O–H groups in total. The molecule has 6 heteroatoms. The number of fused-ring (bicyclic) bond motifs is 1. The van der Waals surface area contributed by atoms with Crippen LogP contribution in [0.2, 0.25) is 0 Å². The van der Waals surface area contributed by atoms with E-state index in [0.29, 0.717) is 24.8 Å². The zero-order chi connectivity index (χ0) is 19.9. The Balaban J connectivity index is 1.49. The number of carbonyl (C=O) groups excluding carboxylic acids is 1. The maximum atomic E-state index is 13.1. The van der Waals surface area contributed by atoms with Gasteiger partial charge in [-0.3, -0.25) is 9.69 Å². The van der Waals surface area contributed by atoms with E-state index >= 15 is 0 Å². The van der Waals surface area contributed by atoms with Gasteiger partial charge in [0.05, 0.1) is 5.92 Å². The lowest BCUT2D eigenvalue weighted by molar-refractivity contribution is -0.186. The highest BCUT2D eigenvalue weighted by Gasteiger charge is 2.51. The molecular formula is C22H33F3N2O. The fourth-order valence-corrected chi connectivity index (χ4v) is 6.67. The number of amides is 1. The predicted molar refractivity (Wildman–Crippen MR) is 103 cm³/mol. The molecule has 0 aromatic carbocycles. The van der Waals surface area contributed by atoms with Gasteiger partial charge in [0.25, 0.3) is 0 Å². The number of hydrogen-bond donors (Lipinski definition) is 0. The van der Waals surface area contributed by atoms with Gasteiger partial charge in [0, 0.05) is 37.1 Å². The van der Waals surface area contributed by atoms with Crippen molar-refractivity contribution in [1.82, 2.24) is 9.80 Å². The van der Waals surface area contributed by atoms with Crippen LogP contribution >= 0.6 is 0 Å². The number of rotatable bonds is 2. The molecule has 0 radical (unpaired) electrons. The van der Waals surface area contributed by atoms with Crippen LogP contribution in [0.25, 0.3) is 0 Å². The van der Waals surface area contributed by atoms with Crippen molar-refractivity contribution in [2.75, 3.05) is 19.6 Å². The van der Waals surface area contributed by atoms with Crippen LogP contribution in [0.4, 0.5) is 13.2 Å². The molecule has 1 amide bonds. The highest BCUT2D eigenvalue weighted by atomic mass is 19.4. The van der Waals surface area contributed by atoms with E-state index in [1.54, 1.807) is 0 Å². The van der Waals surface area contributed by atoms with E-state index in [0.717, 1.165) is 26.1 Å². The summed E-state index contributed by atoms with van der Waals surface area (Å²) in [5.41, 5.74) is 0.123. The Hall–Kier alpha value is -1.04. The molecule has 4 fully saturated rings. The normalized spacial score (nSPS) is 39.8. The molecule has 0 bridgehead atoms. The second-order valence-electron chi connectivity index (χ2n) is 9.75. The molecular weight excluding hydrogens is 365 g/mol. The summed E-state index contributed by atoms with van der Waals surface area (Å²) in [5.74, 6) is -0.460. The van der Waals surface area contributed by atoms with Crippen LogP contribution in [0.1, 0.15) is 64.2 Å². The quantitative estimate of drug-likeness (QED) is 0.625. The number of likely N-dealkylation sites (tertiary alicyclic amines) is 2. The second kappa shape index (κ2) is 7.66. The molecule has 2 saturated carbocycles. The molecule has 3 atom stereocenters. The number of nitrogens with zero attached hydrogens (tertiary/aromatic N) is 2. The van der Waals surface area contributed by atoms with Crippen molar-refractivity contribution in [3.8, 4) is 0 Å². The molecule has 3 unspecified atom stereocenters. The predicted octanol–water partition coefficient (Wildman–Crippen LogP) is 4.78. The van der Waals surface area contributed by atoms with E-state index in [1.165, 1.54) is 38.2 Å². The Morgan fingerprint density at radius 3 is 2.43 bits per heavy atom. The standard InChI is InChI=1S/C22H33F3N2O/c1-2-20(28)26-12-11-21(14-26)13-16-5-3-4-6-19(16)27(15-21)18-9-7-17(8-10-18)22(23,24)25/h2,16-19H,1,3-15H2. The molecule has 2 saturated heterocycles. The van der Waals surface area contributed by atoms with E-state index in [4.69, 9.17) is 0 Å². The van der Waals surface area contributed by atoms with Crippen LogP contribution in [0, 0.1) is 17.3 Å². The summed E-state index contributed by atoms with van der Waals surface area (Å²) in [6.45, 7) is 6.16. The molecule has 4 rings (SSSR count). The van der Waals surface area contributed by atoms with Gasteiger partial charge in [0.2, 0.25) is 5.91 Å². The highest BCUT2D eigenvalue weighted by molar-refractivity contribution is 5.87. The van der Waals surface area contributed by atoms with Gasteiger partial charge in [-0.25, -0.2) is 0 Å². The zero-order valence-corrected chi connectivity index (χ0v) is 16.7. The maximum absolute atomic E-state index is 13.1. The first-order valence-corrected chi connectivity index (χ1v) is 11.1.